The maximum atomic E-state index is 13.4. The lowest BCUT2D eigenvalue weighted by molar-refractivity contribution is -0.00252. The van der Waals surface area contributed by atoms with Gasteiger partial charge >= 0.3 is 0 Å². The van der Waals surface area contributed by atoms with Crippen molar-refractivity contribution in [3.05, 3.63) is 76.9 Å². The maximum absolute atomic E-state index is 13.4. The molecule has 1 spiro atoms. The van der Waals surface area contributed by atoms with Gasteiger partial charge in [0, 0.05) is 31.9 Å². The molecule has 2 nitrogen and oxygen atoms in total. The van der Waals surface area contributed by atoms with E-state index in [1.165, 1.54) is 27.8 Å². The average Bonchev–Trinajstić information content (AvgIpc) is 2.80. The summed E-state index contributed by atoms with van der Waals surface area (Å²) in [6.45, 7) is 16.5. The number of piperidine rings is 2. The standard InChI is InChI=1S/C31H42F2N2/c1-22(2)16-27-10-11-28(17-24(27)4)25(5)35-14-12-31(13-15-35)18-29(19-34(21-31)20-30(32)33)26-8-6-23(3)7-9-26/h6-11,17,22,29-30H,5,12-16,18-21H2,1-4H3. The van der Waals surface area contributed by atoms with E-state index in [4.69, 9.17) is 0 Å². The van der Waals surface area contributed by atoms with Crippen LogP contribution >= 0.6 is 0 Å². The first-order chi connectivity index (χ1) is 16.6. The third-order valence-corrected chi connectivity index (χ3v) is 8.17. The SMILES string of the molecule is C=C(c1ccc(CC(C)C)c(C)c1)N1CCC2(CC1)CC(c1ccc(C)cc1)CN(CC(F)F)C2. The zero-order valence-electron chi connectivity index (χ0n) is 22.0. The van der Waals surface area contributed by atoms with Crippen LogP contribution in [-0.2, 0) is 6.42 Å². The molecule has 35 heavy (non-hydrogen) atoms. The Morgan fingerprint density at radius 2 is 1.74 bits per heavy atom. The number of halogens is 2. The van der Waals surface area contributed by atoms with Gasteiger partial charge in [-0.3, -0.25) is 4.90 Å². The van der Waals surface area contributed by atoms with Gasteiger partial charge in [0.05, 0.1) is 6.54 Å². The monoisotopic (exact) mass is 480 g/mol. The van der Waals surface area contributed by atoms with Crippen LogP contribution in [0.4, 0.5) is 8.78 Å². The van der Waals surface area contributed by atoms with Gasteiger partial charge in [0.15, 0.2) is 0 Å². The van der Waals surface area contributed by atoms with Crippen molar-refractivity contribution >= 4 is 5.70 Å². The quantitative estimate of drug-likeness (QED) is 0.410. The second-order valence-corrected chi connectivity index (χ2v) is 11.6. The largest absolute Gasteiger partial charge is 0.371 e. The fourth-order valence-electron chi connectivity index (χ4n) is 6.24. The normalized spacial score (nSPS) is 20.7. The Morgan fingerprint density at radius 1 is 1.06 bits per heavy atom. The van der Waals surface area contributed by atoms with E-state index in [2.05, 4.69) is 81.6 Å². The van der Waals surface area contributed by atoms with Crippen molar-refractivity contribution < 1.29 is 8.78 Å². The van der Waals surface area contributed by atoms with E-state index in [1.54, 1.807) is 0 Å². The van der Waals surface area contributed by atoms with Crippen LogP contribution in [0.3, 0.4) is 0 Å². The summed E-state index contributed by atoms with van der Waals surface area (Å²) < 4.78 is 26.8. The topological polar surface area (TPSA) is 6.48 Å². The lowest BCUT2D eigenvalue weighted by Gasteiger charge is -2.51. The van der Waals surface area contributed by atoms with E-state index in [9.17, 15) is 8.78 Å². The minimum absolute atomic E-state index is 0.0938. The average molecular weight is 481 g/mol. The molecule has 4 heteroatoms. The van der Waals surface area contributed by atoms with Crippen molar-refractivity contribution in [2.75, 3.05) is 32.7 Å². The van der Waals surface area contributed by atoms with Crippen molar-refractivity contribution in [3.63, 3.8) is 0 Å². The van der Waals surface area contributed by atoms with Crippen LogP contribution in [0, 0.1) is 25.2 Å². The Labute approximate surface area is 211 Å². The van der Waals surface area contributed by atoms with Gasteiger partial charge in [-0.25, -0.2) is 8.78 Å². The van der Waals surface area contributed by atoms with Gasteiger partial charge in [-0.15, -0.1) is 0 Å². The summed E-state index contributed by atoms with van der Waals surface area (Å²) in [4.78, 5) is 4.44. The number of likely N-dealkylation sites (tertiary alicyclic amines) is 2. The fraction of sp³-hybridized carbons (Fsp3) is 0.548. The Hall–Kier alpha value is -2.20. The number of nitrogens with zero attached hydrogens (tertiary/aromatic N) is 2. The van der Waals surface area contributed by atoms with Crippen LogP contribution in [0.15, 0.2) is 49.0 Å². The Kier molecular flexibility index (Phi) is 8.00. The van der Waals surface area contributed by atoms with E-state index in [-0.39, 0.29) is 12.0 Å². The van der Waals surface area contributed by atoms with Gasteiger partial charge in [-0.2, -0.15) is 0 Å². The minimum Gasteiger partial charge on any atom is -0.371 e. The molecule has 0 aliphatic carbocycles. The van der Waals surface area contributed by atoms with E-state index < -0.39 is 6.43 Å². The second kappa shape index (κ2) is 10.8. The minimum atomic E-state index is -2.29. The molecular formula is C31H42F2N2. The smallest absolute Gasteiger partial charge is 0.251 e. The lowest BCUT2D eigenvalue weighted by Crippen LogP contribution is -2.52. The molecule has 2 saturated heterocycles. The molecule has 2 heterocycles. The third kappa shape index (κ3) is 6.33. The first-order valence-corrected chi connectivity index (χ1v) is 13.2. The van der Waals surface area contributed by atoms with Crippen molar-refractivity contribution in [3.8, 4) is 0 Å². The number of alkyl halides is 2. The molecule has 2 aromatic carbocycles. The molecule has 0 saturated carbocycles. The van der Waals surface area contributed by atoms with E-state index in [1.807, 2.05) is 4.90 Å². The molecule has 2 aliphatic heterocycles. The van der Waals surface area contributed by atoms with Crippen LogP contribution in [0.2, 0.25) is 0 Å². The van der Waals surface area contributed by atoms with Gasteiger partial charge in [0.1, 0.15) is 0 Å². The van der Waals surface area contributed by atoms with Crippen molar-refractivity contribution in [2.45, 2.75) is 65.7 Å². The van der Waals surface area contributed by atoms with Crippen LogP contribution in [0.5, 0.6) is 0 Å². The predicted molar refractivity (Wildman–Crippen MR) is 143 cm³/mol. The van der Waals surface area contributed by atoms with Gasteiger partial charge in [-0.05, 0) is 85.1 Å². The molecule has 2 fully saturated rings. The van der Waals surface area contributed by atoms with E-state index in [0.29, 0.717) is 11.8 Å². The number of aryl methyl sites for hydroxylation is 2. The maximum Gasteiger partial charge on any atom is 0.251 e. The molecule has 1 unspecified atom stereocenters. The zero-order chi connectivity index (χ0) is 25.2. The van der Waals surface area contributed by atoms with Gasteiger partial charge in [0.2, 0.25) is 0 Å². The zero-order valence-corrected chi connectivity index (χ0v) is 22.0. The summed E-state index contributed by atoms with van der Waals surface area (Å²) in [5.41, 5.74) is 7.66. The Bertz CT molecular complexity index is 1000. The summed E-state index contributed by atoms with van der Waals surface area (Å²) in [6, 6.07) is 15.4. The molecule has 0 radical (unpaired) electrons. The Morgan fingerprint density at radius 3 is 2.34 bits per heavy atom. The highest BCUT2D eigenvalue weighted by Gasteiger charge is 2.43. The van der Waals surface area contributed by atoms with Crippen LogP contribution in [-0.4, -0.2) is 48.9 Å². The van der Waals surface area contributed by atoms with Gasteiger partial charge in [-0.1, -0.05) is 62.4 Å². The summed E-state index contributed by atoms with van der Waals surface area (Å²) in [5, 5.41) is 0. The highest BCUT2D eigenvalue weighted by atomic mass is 19.3. The second-order valence-electron chi connectivity index (χ2n) is 11.6. The first-order valence-electron chi connectivity index (χ1n) is 13.2. The number of hydrogen-bond donors (Lipinski definition) is 0. The number of hydrogen-bond acceptors (Lipinski definition) is 2. The van der Waals surface area contributed by atoms with Crippen molar-refractivity contribution in [1.29, 1.82) is 0 Å². The molecule has 2 aromatic rings. The molecule has 0 bridgehead atoms. The molecule has 1 atom stereocenters. The summed E-state index contributed by atoms with van der Waals surface area (Å²) >= 11 is 0. The first kappa shape index (κ1) is 25.9. The molecule has 0 aromatic heterocycles. The van der Waals surface area contributed by atoms with E-state index in [0.717, 1.165) is 57.6 Å². The third-order valence-electron chi connectivity index (χ3n) is 8.17. The molecule has 0 N–H and O–H groups in total. The highest BCUT2D eigenvalue weighted by Crippen LogP contribution is 2.46. The van der Waals surface area contributed by atoms with Gasteiger partial charge in [0.25, 0.3) is 6.43 Å². The Balaban J connectivity index is 1.46. The molecular weight excluding hydrogens is 438 g/mol. The van der Waals surface area contributed by atoms with Crippen LogP contribution in [0.25, 0.3) is 5.70 Å². The van der Waals surface area contributed by atoms with Gasteiger partial charge < -0.3 is 4.90 Å². The summed E-state index contributed by atoms with van der Waals surface area (Å²) in [6.07, 6.45) is 1.95. The highest BCUT2D eigenvalue weighted by molar-refractivity contribution is 5.63. The number of rotatable bonds is 7. The predicted octanol–water partition coefficient (Wildman–Crippen LogP) is 7.31. The van der Waals surface area contributed by atoms with Crippen molar-refractivity contribution in [2.24, 2.45) is 11.3 Å². The van der Waals surface area contributed by atoms with Crippen molar-refractivity contribution in [1.82, 2.24) is 9.80 Å². The summed E-state index contributed by atoms with van der Waals surface area (Å²) in [5.74, 6) is 0.957. The summed E-state index contributed by atoms with van der Waals surface area (Å²) in [7, 11) is 0. The fourth-order valence-corrected chi connectivity index (χ4v) is 6.24. The van der Waals surface area contributed by atoms with E-state index >= 15 is 0 Å². The molecule has 190 valence electrons. The van der Waals surface area contributed by atoms with Crippen LogP contribution < -0.4 is 0 Å². The molecule has 4 rings (SSSR count). The molecule has 2 aliphatic rings. The number of benzene rings is 2. The lowest BCUT2D eigenvalue weighted by atomic mass is 9.68. The molecule has 0 amide bonds. The van der Waals surface area contributed by atoms with Crippen LogP contribution in [0.1, 0.15) is 66.8 Å².